The van der Waals surface area contributed by atoms with Crippen LogP contribution in [0.5, 0.6) is 11.5 Å². The largest absolute Gasteiger partial charge is 0.573 e. The first-order valence-corrected chi connectivity index (χ1v) is 13.9. The van der Waals surface area contributed by atoms with E-state index in [0.29, 0.717) is 35.9 Å². The van der Waals surface area contributed by atoms with Crippen LogP contribution >= 0.6 is 0 Å². The summed E-state index contributed by atoms with van der Waals surface area (Å²) in [5, 5.41) is 3.80. The summed E-state index contributed by atoms with van der Waals surface area (Å²) in [7, 11) is 1.54. The second-order valence-electron chi connectivity index (χ2n) is 11.1. The van der Waals surface area contributed by atoms with Crippen molar-refractivity contribution in [3.8, 4) is 11.5 Å². The van der Waals surface area contributed by atoms with Gasteiger partial charge in [0.1, 0.15) is 11.5 Å². The maximum Gasteiger partial charge on any atom is 0.573 e. The van der Waals surface area contributed by atoms with E-state index >= 15 is 0 Å². The molecule has 7 heteroatoms. The average molecular weight is 537 g/mol. The molecule has 0 amide bonds. The molecule has 6 unspecified atom stereocenters. The van der Waals surface area contributed by atoms with Gasteiger partial charge in [-0.3, -0.25) is 4.90 Å². The predicted octanol–water partition coefficient (Wildman–Crippen LogP) is 6.90. The Balaban J connectivity index is 1.35. The smallest absolute Gasteiger partial charge is 0.496 e. The molecule has 3 aromatic rings. The molecule has 3 saturated heterocycles. The van der Waals surface area contributed by atoms with Gasteiger partial charge in [-0.2, -0.15) is 0 Å². The predicted molar refractivity (Wildman–Crippen MR) is 145 cm³/mol. The molecule has 4 nitrogen and oxygen atoms in total. The van der Waals surface area contributed by atoms with Gasteiger partial charge < -0.3 is 14.8 Å². The molecule has 3 heterocycles. The van der Waals surface area contributed by atoms with Crippen LogP contribution < -0.4 is 14.8 Å². The highest BCUT2D eigenvalue weighted by Gasteiger charge is 2.54. The Morgan fingerprint density at radius 3 is 2.26 bits per heavy atom. The van der Waals surface area contributed by atoms with Crippen LogP contribution in [-0.2, 0) is 6.54 Å². The van der Waals surface area contributed by atoms with Crippen molar-refractivity contribution in [1.29, 1.82) is 0 Å². The zero-order valence-corrected chi connectivity index (χ0v) is 22.1. The van der Waals surface area contributed by atoms with Gasteiger partial charge in [0.25, 0.3) is 0 Å². The van der Waals surface area contributed by atoms with Gasteiger partial charge in [0.15, 0.2) is 0 Å². The number of methoxy groups -OCH3 is 1. The van der Waals surface area contributed by atoms with Crippen molar-refractivity contribution in [2.45, 2.75) is 75.1 Å². The Hall–Kier alpha value is -3.03. The van der Waals surface area contributed by atoms with Gasteiger partial charge in [0, 0.05) is 42.2 Å². The number of alkyl halides is 3. The first kappa shape index (κ1) is 26.2. The first-order valence-electron chi connectivity index (χ1n) is 13.9. The summed E-state index contributed by atoms with van der Waals surface area (Å²) >= 11 is 0. The molecule has 0 aromatic heterocycles. The van der Waals surface area contributed by atoms with Crippen molar-refractivity contribution < 1.29 is 22.6 Å². The van der Waals surface area contributed by atoms with E-state index in [1.807, 2.05) is 0 Å². The molecule has 6 rings (SSSR count). The van der Waals surface area contributed by atoms with E-state index in [4.69, 9.17) is 4.74 Å². The summed E-state index contributed by atoms with van der Waals surface area (Å²) in [6.45, 7) is 0.394. The zero-order valence-electron chi connectivity index (χ0n) is 22.1. The Kier molecular flexibility index (Phi) is 7.29. The van der Waals surface area contributed by atoms with E-state index in [1.54, 1.807) is 13.2 Å². The number of halogens is 3. The van der Waals surface area contributed by atoms with Crippen LogP contribution in [-0.4, -0.2) is 42.5 Å². The molecule has 0 aliphatic carbocycles. The molecule has 206 valence electrons. The minimum absolute atomic E-state index is 0.164. The van der Waals surface area contributed by atoms with E-state index in [0.717, 1.165) is 6.42 Å². The lowest BCUT2D eigenvalue weighted by atomic mass is 9.74. The second-order valence-corrected chi connectivity index (χ2v) is 11.1. The molecule has 0 saturated carbocycles. The zero-order chi connectivity index (χ0) is 27.0. The van der Waals surface area contributed by atoms with E-state index in [2.05, 4.69) is 75.6 Å². The maximum atomic E-state index is 12.9. The van der Waals surface area contributed by atoms with Crippen molar-refractivity contribution in [3.05, 3.63) is 95.6 Å². The van der Waals surface area contributed by atoms with Crippen LogP contribution in [0.15, 0.2) is 78.9 Å². The highest BCUT2D eigenvalue weighted by Crippen LogP contribution is 2.51. The lowest BCUT2D eigenvalue weighted by molar-refractivity contribution is -0.274. The number of piperidine rings is 2. The number of hydrogen-bond acceptors (Lipinski definition) is 4. The quantitative estimate of drug-likeness (QED) is 0.340. The lowest BCUT2D eigenvalue weighted by Crippen LogP contribution is -2.61. The number of rotatable bonds is 8. The number of benzene rings is 3. The van der Waals surface area contributed by atoms with Gasteiger partial charge in [0.05, 0.1) is 7.11 Å². The minimum Gasteiger partial charge on any atom is -0.496 e. The van der Waals surface area contributed by atoms with Gasteiger partial charge in [-0.05, 0) is 60.9 Å². The molecule has 3 aliphatic rings. The van der Waals surface area contributed by atoms with Crippen LogP contribution in [0.2, 0.25) is 0 Å². The van der Waals surface area contributed by atoms with Gasteiger partial charge in [-0.25, -0.2) is 0 Å². The number of nitrogens with zero attached hydrogens (tertiary/aromatic N) is 1. The molecule has 1 N–H and O–H groups in total. The molecular formula is C32H35F3N2O2. The number of ether oxygens (including phenoxy) is 2. The summed E-state index contributed by atoms with van der Waals surface area (Å²) in [5.41, 5.74) is 3.24. The van der Waals surface area contributed by atoms with Crippen molar-refractivity contribution in [3.63, 3.8) is 0 Å². The van der Waals surface area contributed by atoms with Crippen LogP contribution in [0.25, 0.3) is 0 Å². The fourth-order valence-corrected chi connectivity index (χ4v) is 7.60. The molecule has 4 bridgehead atoms. The topological polar surface area (TPSA) is 33.7 Å². The average Bonchev–Trinajstić information content (AvgIpc) is 3.05. The molecular weight excluding hydrogens is 501 g/mol. The third kappa shape index (κ3) is 5.39. The fraction of sp³-hybridized carbons (Fsp3) is 0.438. The highest BCUT2D eigenvalue weighted by atomic mass is 19.4. The Morgan fingerprint density at radius 1 is 0.923 bits per heavy atom. The molecule has 3 fully saturated rings. The Bertz CT molecular complexity index is 1210. The highest BCUT2D eigenvalue weighted by molar-refractivity contribution is 5.41. The fourth-order valence-electron chi connectivity index (χ4n) is 7.60. The molecule has 0 spiro atoms. The molecule has 6 atom stereocenters. The van der Waals surface area contributed by atoms with Crippen molar-refractivity contribution in [1.82, 2.24) is 10.2 Å². The van der Waals surface area contributed by atoms with Gasteiger partial charge in [0.2, 0.25) is 0 Å². The minimum atomic E-state index is -4.74. The number of nitrogens with one attached hydrogen (secondary N) is 1. The molecule has 0 radical (unpaired) electrons. The van der Waals surface area contributed by atoms with Crippen molar-refractivity contribution in [2.75, 3.05) is 7.11 Å². The summed E-state index contributed by atoms with van der Waals surface area (Å²) in [6, 6.07) is 27.3. The van der Waals surface area contributed by atoms with Gasteiger partial charge in [-0.15, -0.1) is 13.2 Å². The molecule has 39 heavy (non-hydrogen) atoms. The van der Waals surface area contributed by atoms with E-state index in [1.165, 1.54) is 48.9 Å². The van der Waals surface area contributed by atoms with E-state index in [-0.39, 0.29) is 23.8 Å². The standard InChI is InChI=1S/C32H35F3N2O2/c1-38-29-16-15-26(39-32(33,34)35)18-24(29)20-36-27-19-23-17-25-13-8-14-28(23)37(25)31(27)30(21-9-4-2-5-10-21)22-11-6-3-7-12-22/h2-7,9-12,15-16,18,23,25,27-28,30-31,36H,8,13-14,17,19-20H2,1H3. The molecule has 3 aliphatic heterocycles. The maximum absolute atomic E-state index is 12.9. The normalized spacial score (nSPS) is 27.9. The molecule has 3 aromatic carbocycles. The van der Waals surface area contributed by atoms with Crippen molar-refractivity contribution in [2.24, 2.45) is 5.92 Å². The lowest BCUT2D eigenvalue weighted by Gasteiger charge is -2.52. The van der Waals surface area contributed by atoms with E-state index in [9.17, 15) is 13.2 Å². The third-order valence-electron chi connectivity index (χ3n) is 8.97. The Morgan fingerprint density at radius 2 is 1.62 bits per heavy atom. The van der Waals surface area contributed by atoms with E-state index < -0.39 is 6.36 Å². The van der Waals surface area contributed by atoms with Gasteiger partial charge in [-0.1, -0.05) is 67.1 Å². The first-order chi connectivity index (χ1) is 18.9. The Labute approximate surface area is 228 Å². The SMILES string of the molecule is COc1ccc(OC(F)(F)F)cc1CNC1CC2CC3CCCC2N3C1C(c1ccccc1)c1ccccc1. The van der Waals surface area contributed by atoms with Crippen LogP contribution in [0.4, 0.5) is 13.2 Å². The van der Waals surface area contributed by atoms with Crippen LogP contribution in [0.3, 0.4) is 0 Å². The number of hydrogen-bond donors (Lipinski definition) is 1. The van der Waals surface area contributed by atoms with Crippen LogP contribution in [0, 0.1) is 5.92 Å². The third-order valence-corrected chi connectivity index (χ3v) is 8.97. The van der Waals surface area contributed by atoms with Gasteiger partial charge >= 0.3 is 6.36 Å². The van der Waals surface area contributed by atoms with Crippen molar-refractivity contribution >= 4 is 0 Å². The summed E-state index contributed by atoms with van der Waals surface area (Å²) in [4.78, 5) is 2.82. The summed E-state index contributed by atoms with van der Waals surface area (Å²) in [5.74, 6) is 1.13. The summed E-state index contributed by atoms with van der Waals surface area (Å²) < 4.78 is 48.5. The monoisotopic (exact) mass is 536 g/mol. The summed E-state index contributed by atoms with van der Waals surface area (Å²) in [6.07, 6.45) is 1.31. The second kappa shape index (κ2) is 10.9. The van der Waals surface area contributed by atoms with Crippen LogP contribution in [0.1, 0.15) is 54.7 Å².